The second-order valence-electron chi connectivity index (χ2n) is 7.82. The quantitative estimate of drug-likeness (QED) is 0.324. The van der Waals surface area contributed by atoms with E-state index in [2.05, 4.69) is 11.5 Å². The number of halogens is 2. The number of carbonyl (C=O) groups is 1. The molecule has 0 saturated carbocycles. The molecule has 1 amide bonds. The van der Waals surface area contributed by atoms with Crippen LogP contribution in [0.15, 0.2) is 53.4 Å². The Balaban J connectivity index is 1.71. The van der Waals surface area contributed by atoms with Crippen molar-refractivity contribution in [2.45, 2.75) is 17.2 Å². The van der Waals surface area contributed by atoms with E-state index in [-0.39, 0.29) is 11.8 Å². The molecule has 0 bridgehead atoms. The van der Waals surface area contributed by atoms with Crippen LogP contribution < -0.4 is 5.48 Å². The van der Waals surface area contributed by atoms with Crippen LogP contribution in [-0.4, -0.2) is 43.3 Å². The highest BCUT2D eigenvalue weighted by molar-refractivity contribution is 7.99. The molecule has 33 heavy (non-hydrogen) atoms. The van der Waals surface area contributed by atoms with E-state index >= 15 is 0 Å². The highest BCUT2D eigenvalue weighted by Gasteiger charge is 2.29. The summed E-state index contributed by atoms with van der Waals surface area (Å²) in [4.78, 5) is 21.5. The lowest BCUT2D eigenvalue weighted by Crippen LogP contribution is -2.36. The molecule has 4 rings (SSSR count). The van der Waals surface area contributed by atoms with Gasteiger partial charge in [0.2, 0.25) is 0 Å². The van der Waals surface area contributed by atoms with Crippen LogP contribution in [0.3, 0.4) is 0 Å². The van der Waals surface area contributed by atoms with E-state index in [9.17, 15) is 10.1 Å². The summed E-state index contributed by atoms with van der Waals surface area (Å²) in [6.07, 6.45) is 0.745. The van der Waals surface area contributed by atoms with E-state index in [0.717, 1.165) is 33.4 Å². The standard InChI is InChI=1S/C25H23Cl2N3O2S/c1-32-29-9-8-18(16-6-7-21(26)22(27)13-16)15-30-10-11-33-24-19(14-28)12-17-4-2-3-5-20(17)23(24)25(30)31/h2-7,12-13,18,29H,8-11,15H2,1H3. The summed E-state index contributed by atoms with van der Waals surface area (Å²) in [5.74, 6) is 0.701. The summed E-state index contributed by atoms with van der Waals surface area (Å²) in [5, 5.41) is 12.5. The fourth-order valence-corrected chi connectivity index (χ4v) is 5.62. The Morgan fingerprint density at radius 2 is 2.03 bits per heavy atom. The van der Waals surface area contributed by atoms with E-state index in [1.165, 1.54) is 0 Å². The predicted octanol–water partition coefficient (Wildman–Crippen LogP) is 5.89. The molecule has 8 heteroatoms. The third-order valence-electron chi connectivity index (χ3n) is 5.83. The molecule has 1 heterocycles. The van der Waals surface area contributed by atoms with Crippen LogP contribution in [0.25, 0.3) is 10.8 Å². The average molecular weight is 500 g/mol. The van der Waals surface area contributed by atoms with Gasteiger partial charge in [-0.2, -0.15) is 5.26 Å². The summed E-state index contributed by atoms with van der Waals surface area (Å²) >= 11 is 14.0. The summed E-state index contributed by atoms with van der Waals surface area (Å²) in [5.41, 5.74) is 5.07. The number of nitriles is 1. The van der Waals surface area contributed by atoms with E-state index in [0.29, 0.717) is 40.8 Å². The third kappa shape index (κ3) is 5.13. The molecule has 1 N–H and O–H groups in total. The number of hydrogen-bond donors (Lipinski definition) is 1. The van der Waals surface area contributed by atoms with E-state index < -0.39 is 0 Å². The van der Waals surface area contributed by atoms with Gasteiger partial charge in [0.25, 0.3) is 5.91 Å². The average Bonchev–Trinajstić information content (AvgIpc) is 2.99. The minimum absolute atomic E-state index is 0.0309. The van der Waals surface area contributed by atoms with Crippen molar-refractivity contribution in [1.29, 1.82) is 5.26 Å². The maximum atomic E-state index is 13.9. The van der Waals surface area contributed by atoms with Crippen LogP contribution in [0.4, 0.5) is 0 Å². The maximum Gasteiger partial charge on any atom is 0.255 e. The predicted molar refractivity (Wildman–Crippen MR) is 134 cm³/mol. The Kier molecular flexibility index (Phi) is 7.79. The molecule has 0 spiro atoms. The van der Waals surface area contributed by atoms with Crippen molar-refractivity contribution in [2.24, 2.45) is 0 Å². The molecule has 3 aromatic rings. The Hall–Kier alpha value is -2.27. The minimum Gasteiger partial charge on any atom is -0.337 e. The zero-order valence-corrected chi connectivity index (χ0v) is 20.4. The van der Waals surface area contributed by atoms with Crippen molar-refractivity contribution in [3.63, 3.8) is 0 Å². The molecule has 0 aromatic heterocycles. The first kappa shape index (κ1) is 23.9. The fourth-order valence-electron chi connectivity index (χ4n) is 4.20. The number of amides is 1. The second kappa shape index (κ2) is 10.8. The number of fused-ring (bicyclic) bond motifs is 3. The van der Waals surface area contributed by atoms with Gasteiger partial charge in [0.15, 0.2) is 0 Å². The molecule has 0 saturated heterocycles. The zero-order valence-electron chi connectivity index (χ0n) is 18.1. The summed E-state index contributed by atoms with van der Waals surface area (Å²) in [6.45, 7) is 1.73. The first-order chi connectivity index (χ1) is 16.0. The highest BCUT2D eigenvalue weighted by Crippen LogP contribution is 2.37. The van der Waals surface area contributed by atoms with E-state index in [4.69, 9.17) is 28.0 Å². The molecule has 1 aliphatic rings. The normalized spacial score (nSPS) is 14.6. The van der Waals surface area contributed by atoms with Crippen LogP contribution in [0, 0.1) is 11.3 Å². The molecule has 0 fully saturated rings. The molecule has 5 nitrogen and oxygen atoms in total. The smallest absolute Gasteiger partial charge is 0.255 e. The number of nitrogens with zero attached hydrogens (tertiary/aromatic N) is 2. The topological polar surface area (TPSA) is 65.4 Å². The molecule has 170 valence electrons. The summed E-state index contributed by atoms with van der Waals surface area (Å²) in [7, 11) is 1.58. The van der Waals surface area contributed by atoms with Crippen LogP contribution in [-0.2, 0) is 4.84 Å². The van der Waals surface area contributed by atoms with Gasteiger partial charge < -0.3 is 9.74 Å². The van der Waals surface area contributed by atoms with Gasteiger partial charge in [-0.25, -0.2) is 5.48 Å². The van der Waals surface area contributed by atoms with Gasteiger partial charge in [0.1, 0.15) is 6.07 Å². The van der Waals surface area contributed by atoms with Gasteiger partial charge in [-0.05, 0) is 41.0 Å². The Labute approximate surface area is 207 Å². The van der Waals surface area contributed by atoms with Gasteiger partial charge in [-0.3, -0.25) is 4.79 Å². The molecule has 1 atom stereocenters. The lowest BCUT2D eigenvalue weighted by molar-refractivity contribution is 0.0736. The van der Waals surface area contributed by atoms with Crippen LogP contribution in [0.2, 0.25) is 10.0 Å². The molecule has 0 aliphatic carbocycles. The largest absolute Gasteiger partial charge is 0.337 e. The SMILES string of the molecule is CONCCC(CN1CCSc2c(C#N)cc3ccccc3c2C1=O)c1ccc(Cl)c(Cl)c1. The molecular formula is C25H23Cl2N3O2S. The van der Waals surface area contributed by atoms with Crippen molar-refractivity contribution in [1.82, 2.24) is 10.4 Å². The van der Waals surface area contributed by atoms with Gasteiger partial charge in [0.05, 0.1) is 28.3 Å². The maximum absolute atomic E-state index is 13.9. The zero-order chi connectivity index (χ0) is 23.4. The Morgan fingerprint density at radius 3 is 2.79 bits per heavy atom. The van der Waals surface area contributed by atoms with Crippen molar-refractivity contribution < 1.29 is 9.63 Å². The number of benzene rings is 3. The fraction of sp³-hybridized carbons (Fsp3) is 0.280. The van der Waals surface area contributed by atoms with Crippen LogP contribution >= 0.6 is 35.0 Å². The monoisotopic (exact) mass is 499 g/mol. The van der Waals surface area contributed by atoms with Crippen LogP contribution in [0.1, 0.15) is 33.8 Å². The lowest BCUT2D eigenvalue weighted by atomic mass is 9.94. The first-order valence-electron chi connectivity index (χ1n) is 10.6. The molecular weight excluding hydrogens is 477 g/mol. The number of thioether (sulfide) groups is 1. The van der Waals surface area contributed by atoms with Gasteiger partial charge in [0, 0.05) is 36.2 Å². The van der Waals surface area contributed by atoms with Crippen molar-refractivity contribution >= 4 is 51.6 Å². The van der Waals surface area contributed by atoms with Gasteiger partial charge in [-0.1, -0.05) is 53.5 Å². The molecule has 1 unspecified atom stereocenters. The second-order valence-corrected chi connectivity index (χ2v) is 9.74. The minimum atomic E-state index is -0.0481. The number of hydroxylamine groups is 1. The van der Waals surface area contributed by atoms with Crippen molar-refractivity contribution in [3.8, 4) is 6.07 Å². The first-order valence-corrected chi connectivity index (χ1v) is 12.4. The van der Waals surface area contributed by atoms with Crippen molar-refractivity contribution in [2.75, 3.05) is 32.5 Å². The molecule has 0 radical (unpaired) electrons. The summed E-state index contributed by atoms with van der Waals surface area (Å²) in [6, 6.07) is 17.5. The lowest BCUT2D eigenvalue weighted by Gasteiger charge is -2.27. The molecule has 1 aliphatic heterocycles. The Morgan fingerprint density at radius 1 is 1.21 bits per heavy atom. The van der Waals surface area contributed by atoms with E-state index in [1.54, 1.807) is 24.9 Å². The third-order valence-corrected chi connectivity index (χ3v) is 7.66. The number of carbonyl (C=O) groups excluding carboxylic acids is 1. The highest BCUT2D eigenvalue weighted by atomic mass is 35.5. The van der Waals surface area contributed by atoms with Crippen molar-refractivity contribution in [3.05, 3.63) is 75.3 Å². The molecule has 3 aromatic carbocycles. The number of nitrogens with one attached hydrogen (secondary N) is 1. The van der Waals surface area contributed by atoms with Gasteiger partial charge >= 0.3 is 0 Å². The summed E-state index contributed by atoms with van der Waals surface area (Å²) < 4.78 is 0. The number of rotatable bonds is 7. The van der Waals surface area contributed by atoms with Crippen LogP contribution in [0.5, 0.6) is 0 Å². The Bertz CT molecular complexity index is 1230. The van der Waals surface area contributed by atoms with E-state index in [1.807, 2.05) is 47.4 Å². The number of hydrogen-bond acceptors (Lipinski definition) is 5. The van der Waals surface area contributed by atoms with Gasteiger partial charge in [-0.15, -0.1) is 11.8 Å².